The third-order valence-electron chi connectivity index (χ3n) is 7.32. The maximum Gasteiger partial charge on any atom is 0.319 e. The Labute approximate surface area is 184 Å². The highest BCUT2D eigenvalue weighted by atomic mass is 16.5. The second-order valence-corrected chi connectivity index (χ2v) is 9.28. The summed E-state index contributed by atoms with van der Waals surface area (Å²) >= 11 is 0. The number of amides is 1. The molecule has 3 heterocycles. The van der Waals surface area contributed by atoms with Crippen molar-refractivity contribution in [3.05, 3.63) is 18.2 Å². The Bertz CT molecular complexity index is 775. The number of aryl methyl sites for hydroxylation is 1. The van der Waals surface area contributed by atoms with E-state index in [1.165, 1.54) is 0 Å². The van der Waals surface area contributed by atoms with E-state index in [-0.39, 0.29) is 30.9 Å². The molecule has 0 saturated carbocycles. The highest BCUT2D eigenvalue weighted by Crippen LogP contribution is 2.44. The van der Waals surface area contributed by atoms with Crippen LogP contribution in [0.15, 0.2) is 12.5 Å². The van der Waals surface area contributed by atoms with E-state index in [0.717, 1.165) is 37.8 Å². The van der Waals surface area contributed by atoms with Gasteiger partial charge in [0, 0.05) is 38.0 Å². The molecule has 3 rings (SSSR count). The fourth-order valence-electron chi connectivity index (χ4n) is 5.35. The molecule has 174 valence electrons. The maximum absolute atomic E-state index is 13.5. The van der Waals surface area contributed by atoms with Gasteiger partial charge in [-0.2, -0.15) is 0 Å². The Morgan fingerprint density at radius 3 is 2.71 bits per heavy atom. The number of aliphatic carboxylic acids is 1. The predicted octanol–water partition coefficient (Wildman–Crippen LogP) is 2.39. The molecule has 0 radical (unpaired) electrons. The topological polar surface area (TPSA) is 105 Å². The van der Waals surface area contributed by atoms with E-state index >= 15 is 0 Å². The summed E-state index contributed by atoms with van der Waals surface area (Å²) in [6, 6.07) is 0. The monoisotopic (exact) mass is 435 g/mol. The van der Waals surface area contributed by atoms with Crippen LogP contribution in [-0.4, -0.2) is 67.9 Å². The van der Waals surface area contributed by atoms with Crippen LogP contribution in [0, 0.1) is 11.3 Å². The van der Waals surface area contributed by atoms with Crippen LogP contribution in [0.4, 0.5) is 0 Å². The Morgan fingerprint density at radius 2 is 2.16 bits per heavy atom. The molecule has 8 heteroatoms. The molecule has 0 spiro atoms. The Morgan fingerprint density at radius 1 is 1.39 bits per heavy atom. The lowest BCUT2D eigenvalue weighted by molar-refractivity contribution is -0.163. The number of carboxylic acid groups (broad SMARTS) is 1. The minimum atomic E-state index is -1.48. The van der Waals surface area contributed by atoms with Gasteiger partial charge in [-0.25, -0.2) is 4.98 Å². The van der Waals surface area contributed by atoms with Gasteiger partial charge >= 0.3 is 5.97 Å². The number of β-amino-alcohol motifs (C(OH)–C–C–N with tert-alkyl or cyclic N) is 1. The predicted molar refractivity (Wildman–Crippen MR) is 115 cm³/mol. The fourth-order valence-corrected chi connectivity index (χ4v) is 5.35. The van der Waals surface area contributed by atoms with E-state index in [1.807, 2.05) is 11.6 Å². The molecule has 2 N–H and O–H groups in total. The van der Waals surface area contributed by atoms with E-state index in [0.29, 0.717) is 26.0 Å². The highest BCUT2D eigenvalue weighted by molar-refractivity contribution is 6.04. The minimum absolute atomic E-state index is 0.118. The molecule has 1 aromatic rings. The molecule has 2 saturated heterocycles. The molecule has 2 fully saturated rings. The van der Waals surface area contributed by atoms with Crippen molar-refractivity contribution >= 4 is 11.9 Å². The van der Waals surface area contributed by atoms with Gasteiger partial charge in [0.25, 0.3) is 0 Å². The van der Waals surface area contributed by atoms with E-state index in [1.54, 1.807) is 24.3 Å². The Kier molecular flexibility index (Phi) is 7.42. The van der Waals surface area contributed by atoms with Gasteiger partial charge in [-0.3, -0.25) is 9.59 Å². The number of carboxylic acids is 1. The van der Waals surface area contributed by atoms with E-state index in [2.05, 4.69) is 11.9 Å². The second-order valence-electron chi connectivity index (χ2n) is 9.28. The Hall–Kier alpha value is -1.93. The van der Waals surface area contributed by atoms with Crippen molar-refractivity contribution in [1.29, 1.82) is 0 Å². The van der Waals surface area contributed by atoms with Crippen LogP contribution in [0.3, 0.4) is 0 Å². The number of hydrogen-bond donors (Lipinski definition) is 2. The summed E-state index contributed by atoms with van der Waals surface area (Å²) in [5.74, 6) is -1.86. The first-order valence-corrected chi connectivity index (χ1v) is 11.6. The number of nitrogens with zero attached hydrogens (tertiary/aromatic N) is 3. The fraction of sp³-hybridized carbons (Fsp3) is 0.783. The van der Waals surface area contributed by atoms with Gasteiger partial charge in [-0.05, 0) is 38.5 Å². The van der Waals surface area contributed by atoms with Crippen LogP contribution in [0.25, 0.3) is 0 Å². The number of imidazole rings is 1. The second kappa shape index (κ2) is 9.69. The number of aliphatic hydroxyl groups is 1. The largest absolute Gasteiger partial charge is 0.480 e. The van der Waals surface area contributed by atoms with E-state index < -0.39 is 17.0 Å². The average molecular weight is 436 g/mol. The first-order valence-electron chi connectivity index (χ1n) is 11.6. The Balaban J connectivity index is 1.88. The normalized spacial score (nSPS) is 28.6. The van der Waals surface area contributed by atoms with Crippen LogP contribution in [-0.2, 0) is 27.8 Å². The van der Waals surface area contributed by atoms with Crippen molar-refractivity contribution < 1.29 is 24.5 Å². The molecule has 4 atom stereocenters. The quantitative estimate of drug-likeness (QED) is 0.547. The summed E-state index contributed by atoms with van der Waals surface area (Å²) < 4.78 is 7.79. The number of aromatic nitrogens is 2. The van der Waals surface area contributed by atoms with Crippen LogP contribution >= 0.6 is 0 Å². The molecule has 4 unspecified atom stereocenters. The molecule has 0 bridgehead atoms. The summed E-state index contributed by atoms with van der Waals surface area (Å²) in [5, 5.41) is 21.8. The van der Waals surface area contributed by atoms with Gasteiger partial charge in [-0.1, -0.05) is 26.7 Å². The van der Waals surface area contributed by atoms with Crippen LogP contribution in [0.2, 0.25) is 0 Å². The molecule has 31 heavy (non-hydrogen) atoms. The summed E-state index contributed by atoms with van der Waals surface area (Å²) in [6.07, 6.45) is 8.78. The summed E-state index contributed by atoms with van der Waals surface area (Å²) in [7, 11) is 1.87. The van der Waals surface area contributed by atoms with E-state index in [4.69, 9.17) is 4.74 Å². The summed E-state index contributed by atoms with van der Waals surface area (Å²) in [4.78, 5) is 31.7. The smallest absolute Gasteiger partial charge is 0.319 e. The molecule has 1 aromatic heterocycles. The number of rotatable bonds is 10. The lowest BCUT2D eigenvalue weighted by atomic mass is 9.73. The lowest BCUT2D eigenvalue weighted by Gasteiger charge is -2.41. The van der Waals surface area contributed by atoms with Crippen molar-refractivity contribution in [2.45, 2.75) is 76.9 Å². The number of ether oxygens (including phenoxy) is 1. The van der Waals surface area contributed by atoms with Crippen LogP contribution in [0.1, 0.15) is 64.5 Å². The van der Waals surface area contributed by atoms with Gasteiger partial charge in [-0.15, -0.1) is 0 Å². The molecule has 0 aromatic carbocycles. The summed E-state index contributed by atoms with van der Waals surface area (Å²) in [6.45, 7) is 4.88. The van der Waals surface area contributed by atoms with Crippen molar-refractivity contribution in [2.24, 2.45) is 18.4 Å². The summed E-state index contributed by atoms with van der Waals surface area (Å²) in [5.41, 5.74) is -1.75. The molecule has 2 aliphatic heterocycles. The maximum atomic E-state index is 13.5. The SMILES string of the molecule is CCCCC(O)(CN1CC(Cc2cncn2C)C(CC)(C(=O)O)C1=O)C1CCCCO1. The number of unbranched alkanes of at least 4 members (excludes halogenated alkanes) is 1. The zero-order chi connectivity index (χ0) is 22.6. The highest BCUT2D eigenvalue weighted by Gasteiger charge is 2.59. The lowest BCUT2D eigenvalue weighted by Crippen LogP contribution is -2.54. The van der Waals surface area contributed by atoms with Crippen molar-refractivity contribution in [3.63, 3.8) is 0 Å². The standard InChI is InChI=1S/C23H37N3O5/c1-4-6-10-22(30,19-9-7-8-11-31-19)15-26-14-17(12-18-13-24-16-25(18)3)23(5-2,20(26)27)21(28)29/h13,16-17,19,30H,4-12,14-15H2,1-3H3,(H,28,29). The average Bonchev–Trinajstić information content (AvgIpc) is 3.28. The molecular formula is C23H37N3O5. The minimum Gasteiger partial charge on any atom is -0.480 e. The van der Waals surface area contributed by atoms with Crippen LogP contribution < -0.4 is 0 Å². The molecular weight excluding hydrogens is 398 g/mol. The third kappa shape index (κ3) is 4.51. The molecule has 1 amide bonds. The van der Waals surface area contributed by atoms with Crippen LogP contribution in [0.5, 0.6) is 0 Å². The van der Waals surface area contributed by atoms with Gasteiger partial charge in [0.2, 0.25) is 5.91 Å². The zero-order valence-electron chi connectivity index (χ0n) is 19.0. The molecule has 0 aliphatic carbocycles. The van der Waals surface area contributed by atoms with E-state index in [9.17, 15) is 19.8 Å². The molecule has 2 aliphatic rings. The van der Waals surface area contributed by atoms with Gasteiger partial charge in [0.15, 0.2) is 5.41 Å². The number of carbonyl (C=O) groups excluding carboxylic acids is 1. The molecule has 8 nitrogen and oxygen atoms in total. The van der Waals surface area contributed by atoms with Gasteiger partial charge < -0.3 is 24.4 Å². The van der Waals surface area contributed by atoms with Crippen molar-refractivity contribution in [3.8, 4) is 0 Å². The zero-order valence-corrected chi connectivity index (χ0v) is 19.0. The first-order chi connectivity index (χ1) is 14.8. The number of hydrogen-bond acceptors (Lipinski definition) is 5. The van der Waals surface area contributed by atoms with Gasteiger partial charge in [0.05, 0.1) is 19.0 Å². The van der Waals surface area contributed by atoms with Crippen molar-refractivity contribution in [2.75, 3.05) is 19.7 Å². The number of carbonyl (C=O) groups is 2. The third-order valence-corrected chi connectivity index (χ3v) is 7.32. The first kappa shape index (κ1) is 23.7. The van der Waals surface area contributed by atoms with Crippen molar-refractivity contribution in [1.82, 2.24) is 14.5 Å². The van der Waals surface area contributed by atoms with Gasteiger partial charge in [0.1, 0.15) is 5.60 Å². The number of likely N-dealkylation sites (tertiary alicyclic amines) is 1.